The van der Waals surface area contributed by atoms with Crippen LogP contribution in [0.25, 0.3) is 5.69 Å². The second-order valence-corrected chi connectivity index (χ2v) is 6.98. The number of nitrogens with one attached hydrogen (secondary N) is 1. The van der Waals surface area contributed by atoms with Gasteiger partial charge in [-0.25, -0.2) is 9.48 Å². The minimum Gasteiger partial charge on any atom is -0.480 e. The molecule has 1 amide bonds. The van der Waals surface area contributed by atoms with Gasteiger partial charge in [0.1, 0.15) is 5.54 Å². The van der Waals surface area contributed by atoms with E-state index in [9.17, 15) is 14.7 Å². The summed E-state index contributed by atoms with van der Waals surface area (Å²) in [6.07, 6.45) is 9.23. The molecule has 6 heteroatoms. The van der Waals surface area contributed by atoms with Crippen LogP contribution in [0.2, 0.25) is 0 Å². The fourth-order valence-corrected chi connectivity index (χ4v) is 3.52. The van der Waals surface area contributed by atoms with Crippen molar-refractivity contribution in [1.82, 2.24) is 15.1 Å². The van der Waals surface area contributed by atoms with Crippen LogP contribution in [0.5, 0.6) is 0 Å². The highest BCUT2D eigenvalue weighted by Crippen LogP contribution is 2.27. The van der Waals surface area contributed by atoms with E-state index in [2.05, 4.69) is 10.4 Å². The minimum absolute atomic E-state index is 0.207. The topological polar surface area (TPSA) is 84.2 Å². The van der Waals surface area contributed by atoms with E-state index in [4.69, 9.17) is 0 Å². The van der Waals surface area contributed by atoms with E-state index in [0.29, 0.717) is 19.3 Å². The maximum atomic E-state index is 12.4. The molecule has 0 bridgehead atoms. The molecule has 1 saturated carbocycles. The minimum atomic E-state index is -1.10. The van der Waals surface area contributed by atoms with Gasteiger partial charge < -0.3 is 10.4 Å². The summed E-state index contributed by atoms with van der Waals surface area (Å²) in [7, 11) is 0. The molecule has 3 rings (SSSR count). The molecule has 0 spiro atoms. The van der Waals surface area contributed by atoms with E-state index >= 15 is 0 Å². The van der Waals surface area contributed by atoms with E-state index in [1.54, 1.807) is 10.9 Å². The molecule has 0 aliphatic heterocycles. The average Bonchev–Trinajstić information content (AvgIpc) is 2.99. The van der Waals surface area contributed by atoms with Gasteiger partial charge >= 0.3 is 5.97 Å². The molecule has 0 atom stereocenters. The lowest BCUT2D eigenvalue weighted by molar-refractivity contribution is -0.148. The van der Waals surface area contributed by atoms with Gasteiger partial charge in [-0.05, 0) is 37.0 Å². The molecular weight excluding hydrogens is 330 g/mol. The van der Waals surface area contributed by atoms with Crippen molar-refractivity contribution in [1.29, 1.82) is 0 Å². The molecule has 1 aliphatic rings. The van der Waals surface area contributed by atoms with Gasteiger partial charge in [0.15, 0.2) is 0 Å². The lowest BCUT2D eigenvalue weighted by Crippen LogP contribution is -2.54. The smallest absolute Gasteiger partial charge is 0.329 e. The second kappa shape index (κ2) is 8.17. The van der Waals surface area contributed by atoms with E-state index in [0.717, 1.165) is 36.9 Å². The van der Waals surface area contributed by atoms with Crippen LogP contribution in [0.1, 0.15) is 50.5 Å². The molecule has 138 valence electrons. The summed E-state index contributed by atoms with van der Waals surface area (Å²) in [5.41, 5.74) is 0.822. The SMILES string of the molecule is O=C(CCc1cnn(-c2ccccc2)c1)NC1(C(=O)O)CCCCCC1. The average molecular weight is 355 g/mol. The van der Waals surface area contributed by atoms with Gasteiger partial charge in [0, 0.05) is 12.6 Å². The van der Waals surface area contributed by atoms with Crippen molar-refractivity contribution in [3.63, 3.8) is 0 Å². The van der Waals surface area contributed by atoms with Crippen molar-refractivity contribution < 1.29 is 14.7 Å². The van der Waals surface area contributed by atoms with Crippen molar-refractivity contribution in [3.8, 4) is 5.69 Å². The first-order valence-corrected chi connectivity index (χ1v) is 9.22. The highest BCUT2D eigenvalue weighted by atomic mass is 16.4. The standard InChI is InChI=1S/C20H25N3O3/c24-18(22-20(19(25)26)12-6-1-2-7-13-20)11-10-16-14-21-23(15-16)17-8-4-3-5-9-17/h3-5,8-9,14-15H,1-2,6-7,10-13H2,(H,22,24)(H,25,26). The molecule has 0 radical (unpaired) electrons. The van der Waals surface area contributed by atoms with E-state index in [-0.39, 0.29) is 12.3 Å². The van der Waals surface area contributed by atoms with Gasteiger partial charge in [0.05, 0.1) is 11.9 Å². The number of aromatic nitrogens is 2. The van der Waals surface area contributed by atoms with Crippen LogP contribution in [-0.4, -0.2) is 32.3 Å². The Morgan fingerprint density at radius 1 is 1.12 bits per heavy atom. The molecule has 1 heterocycles. The van der Waals surface area contributed by atoms with Crippen LogP contribution in [0.3, 0.4) is 0 Å². The van der Waals surface area contributed by atoms with Gasteiger partial charge in [-0.2, -0.15) is 5.10 Å². The molecule has 1 aliphatic carbocycles. The monoisotopic (exact) mass is 355 g/mol. The Bertz CT molecular complexity index is 747. The zero-order valence-corrected chi connectivity index (χ0v) is 14.9. The number of aryl methyl sites for hydroxylation is 1. The number of carboxylic acid groups (broad SMARTS) is 1. The Morgan fingerprint density at radius 3 is 2.46 bits per heavy atom. The third-order valence-electron chi connectivity index (χ3n) is 5.04. The molecule has 0 unspecified atom stereocenters. The van der Waals surface area contributed by atoms with E-state index in [1.807, 2.05) is 36.5 Å². The largest absolute Gasteiger partial charge is 0.480 e. The first kappa shape index (κ1) is 18.2. The van der Waals surface area contributed by atoms with Gasteiger partial charge in [0.25, 0.3) is 0 Å². The third kappa shape index (κ3) is 4.31. The molecule has 1 fully saturated rings. The van der Waals surface area contributed by atoms with Crippen molar-refractivity contribution in [2.45, 2.75) is 56.9 Å². The van der Waals surface area contributed by atoms with Crippen LogP contribution >= 0.6 is 0 Å². The summed E-state index contributed by atoms with van der Waals surface area (Å²) >= 11 is 0. The van der Waals surface area contributed by atoms with Gasteiger partial charge in [0.2, 0.25) is 5.91 Å². The number of hydrogen-bond acceptors (Lipinski definition) is 3. The molecule has 1 aromatic heterocycles. The number of carboxylic acids is 1. The predicted molar refractivity (Wildman–Crippen MR) is 98.1 cm³/mol. The van der Waals surface area contributed by atoms with Crippen LogP contribution in [-0.2, 0) is 16.0 Å². The van der Waals surface area contributed by atoms with Gasteiger partial charge in [-0.3, -0.25) is 4.79 Å². The number of amides is 1. The normalized spacial score (nSPS) is 16.6. The molecule has 2 N–H and O–H groups in total. The molecule has 0 saturated heterocycles. The maximum Gasteiger partial charge on any atom is 0.329 e. The van der Waals surface area contributed by atoms with Crippen LogP contribution in [0, 0.1) is 0 Å². The number of carbonyl (C=O) groups is 2. The maximum absolute atomic E-state index is 12.4. The Morgan fingerprint density at radius 2 is 1.81 bits per heavy atom. The number of benzene rings is 1. The fourth-order valence-electron chi connectivity index (χ4n) is 3.52. The quantitative estimate of drug-likeness (QED) is 0.780. The Balaban J connectivity index is 1.58. The second-order valence-electron chi connectivity index (χ2n) is 6.98. The molecule has 1 aromatic carbocycles. The number of aliphatic carboxylic acids is 1. The lowest BCUT2D eigenvalue weighted by Gasteiger charge is -2.29. The van der Waals surface area contributed by atoms with Crippen LogP contribution in [0.15, 0.2) is 42.7 Å². The lowest BCUT2D eigenvalue weighted by atomic mass is 9.90. The summed E-state index contributed by atoms with van der Waals surface area (Å²) in [5.74, 6) is -1.12. The number of para-hydroxylation sites is 1. The Labute approximate surface area is 153 Å². The predicted octanol–water partition coefficient (Wildman–Crippen LogP) is 3.10. The molecule has 2 aromatic rings. The summed E-state index contributed by atoms with van der Waals surface area (Å²) in [6.45, 7) is 0. The van der Waals surface area contributed by atoms with Crippen LogP contribution < -0.4 is 5.32 Å². The summed E-state index contributed by atoms with van der Waals surface area (Å²) in [4.78, 5) is 24.2. The first-order chi connectivity index (χ1) is 12.6. The highest BCUT2D eigenvalue weighted by Gasteiger charge is 2.39. The molecular formula is C20H25N3O3. The fraction of sp³-hybridized carbons (Fsp3) is 0.450. The molecule has 26 heavy (non-hydrogen) atoms. The highest BCUT2D eigenvalue weighted by molar-refractivity contribution is 5.87. The first-order valence-electron chi connectivity index (χ1n) is 9.22. The van der Waals surface area contributed by atoms with E-state index < -0.39 is 11.5 Å². The number of carbonyl (C=O) groups excluding carboxylic acids is 1. The number of nitrogens with zero attached hydrogens (tertiary/aromatic N) is 2. The van der Waals surface area contributed by atoms with Crippen molar-refractivity contribution in [2.75, 3.05) is 0 Å². The van der Waals surface area contributed by atoms with Crippen molar-refractivity contribution >= 4 is 11.9 Å². The van der Waals surface area contributed by atoms with Crippen molar-refractivity contribution in [2.24, 2.45) is 0 Å². The molecule has 6 nitrogen and oxygen atoms in total. The van der Waals surface area contributed by atoms with Crippen molar-refractivity contribution in [3.05, 3.63) is 48.3 Å². The Hall–Kier alpha value is -2.63. The zero-order chi connectivity index (χ0) is 18.4. The number of hydrogen-bond donors (Lipinski definition) is 2. The summed E-state index contributed by atoms with van der Waals surface area (Å²) < 4.78 is 1.78. The Kier molecular flexibility index (Phi) is 5.71. The van der Waals surface area contributed by atoms with Gasteiger partial charge in [-0.15, -0.1) is 0 Å². The van der Waals surface area contributed by atoms with Gasteiger partial charge in [-0.1, -0.05) is 43.9 Å². The van der Waals surface area contributed by atoms with E-state index in [1.165, 1.54) is 0 Å². The zero-order valence-electron chi connectivity index (χ0n) is 14.9. The summed E-state index contributed by atoms with van der Waals surface area (Å²) in [6, 6.07) is 9.77. The van der Waals surface area contributed by atoms with Crippen LogP contribution in [0.4, 0.5) is 0 Å². The third-order valence-corrected chi connectivity index (χ3v) is 5.04. The number of rotatable bonds is 6. The summed E-state index contributed by atoms with van der Waals surface area (Å²) in [5, 5.41) is 16.8.